The van der Waals surface area contributed by atoms with Gasteiger partial charge < -0.3 is 20.1 Å². The van der Waals surface area contributed by atoms with Crippen LogP contribution in [0.25, 0.3) is 0 Å². The molecule has 0 aromatic carbocycles. The lowest BCUT2D eigenvalue weighted by Crippen LogP contribution is -2.35. The average Bonchev–Trinajstić information content (AvgIpc) is 3.86. The highest BCUT2D eigenvalue weighted by atomic mass is 19.1. The molecular weight excluding hydrogens is 678 g/mol. The zero-order valence-corrected chi connectivity index (χ0v) is 33.4. The standard InChI is InChI=1S/C43H74F2N2O6/c1-36(48)52-33-29-25-21-17-13-9-5-3-7-11-15-19-23-27-31-38(44)42(50)46-40-35-41(40)47-43(51)39(45)32-28-24-20-16-12-8-4-6-10-14-18-22-26-30-34-53-37(2)49/h31-32,40-41H,3-30,33-35H2,1-2H3,(H,46,50)(H,47,51). The summed E-state index contributed by atoms with van der Waals surface area (Å²) >= 11 is 0. The number of unbranched alkanes of at least 4 members (excludes halogenated alkanes) is 26. The van der Waals surface area contributed by atoms with Crippen LogP contribution in [0.2, 0.25) is 0 Å². The third kappa shape index (κ3) is 31.3. The molecule has 1 rings (SSSR count). The predicted octanol–water partition coefficient (Wildman–Crippen LogP) is 11.1. The Morgan fingerprint density at radius 2 is 0.698 bits per heavy atom. The second-order valence-electron chi connectivity index (χ2n) is 14.9. The molecule has 0 bridgehead atoms. The molecule has 1 fully saturated rings. The number of amides is 2. The van der Waals surface area contributed by atoms with E-state index in [0.29, 0.717) is 32.5 Å². The van der Waals surface area contributed by atoms with Crippen LogP contribution < -0.4 is 10.6 Å². The zero-order valence-electron chi connectivity index (χ0n) is 33.4. The summed E-state index contributed by atoms with van der Waals surface area (Å²) in [6.45, 7) is 3.97. The first-order valence-electron chi connectivity index (χ1n) is 21.3. The number of hydrogen-bond donors (Lipinski definition) is 2. The average molecular weight is 753 g/mol. The quantitative estimate of drug-likeness (QED) is 0.0374. The fourth-order valence-corrected chi connectivity index (χ4v) is 6.45. The zero-order chi connectivity index (χ0) is 38.8. The monoisotopic (exact) mass is 753 g/mol. The van der Waals surface area contributed by atoms with E-state index in [1.807, 2.05) is 0 Å². The van der Waals surface area contributed by atoms with Gasteiger partial charge in [-0.15, -0.1) is 0 Å². The Hall–Kier alpha value is -2.78. The molecule has 0 aromatic heterocycles. The van der Waals surface area contributed by atoms with E-state index in [1.54, 1.807) is 0 Å². The Kier molecular flexibility index (Phi) is 30.7. The molecule has 1 aliphatic rings. The van der Waals surface area contributed by atoms with E-state index < -0.39 is 23.5 Å². The van der Waals surface area contributed by atoms with Gasteiger partial charge in [-0.05, 0) is 57.1 Å². The molecule has 8 nitrogen and oxygen atoms in total. The van der Waals surface area contributed by atoms with Gasteiger partial charge in [0.2, 0.25) is 0 Å². The van der Waals surface area contributed by atoms with Crippen LogP contribution in [0.1, 0.15) is 200 Å². The predicted molar refractivity (Wildman–Crippen MR) is 209 cm³/mol. The van der Waals surface area contributed by atoms with Gasteiger partial charge in [-0.2, -0.15) is 0 Å². The van der Waals surface area contributed by atoms with Crippen molar-refractivity contribution in [3.8, 4) is 0 Å². The molecule has 0 aromatic rings. The number of carbonyl (C=O) groups is 4. The summed E-state index contributed by atoms with van der Waals surface area (Å²) in [4.78, 5) is 45.8. The van der Waals surface area contributed by atoms with Crippen molar-refractivity contribution in [3.63, 3.8) is 0 Å². The number of halogens is 2. The Bertz CT molecular complexity index is 970. The van der Waals surface area contributed by atoms with Gasteiger partial charge in [-0.25, -0.2) is 8.78 Å². The van der Waals surface area contributed by atoms with Crippen LogP contribution >= 0.6 is 0 Å². The number of esters is 2. The molecule has 53 heavy (non-hydrogen) atoms. The second-order valence-corrected chi connectivity index (χ2v) is 14.9. The molecule has 1 aliphatic carbocycles. The van der Waals surface area contributed by atoms with Gasteiger partial charge in [-0.3, -0.25) is 19.2 Å². The summed E-state index contributed by atoms with van der Waals surface area (Å²) < 4.78 is 38.4. The molecule has 2 atom stereocenters. The first kappa shape index (κ1) is 48.2. The third-order valence-electron chi connectivity index (χ3n) is 9.81. The van der Waals surface area contributed by atoms with Crippen LogP contribution in [0.4, 0.5) is 8.78 Å². The van der Waals surface area contributed by atoms with Crippen LogP contribution in [-0.4, -0.2) is 49.1 Å². The number of rotatable bonds is 36. The second kappa shape index (κ2) is 33.8. The maximum Gasteiger partial charge on any atom is 0.302 e. The first-order valence-corrected chi connectivity index (χ1v) is 21.3. The summed E-state index contributed by atoms with van der Waals surface area (Å²) in [7, 11) is 0. The van der Waals surface area contributed by atoms with Gasteiger partial charge in [0.1, 0.15) is 0 Å². The summed E-state index contributed by atoms with van der Waals surface area (Å²) in [5, 5.41) is 5.19. The summed E-state index contributed by atoms with van der Waals surface area (Å²) in [5.74, 6) is -3.54. The van der Waals surface area contributed by atoms with E-state index in [-0.39, 0.29) is 24.0 Å². The molecule has 0 radical (unpaired) electrons. The van der Waals surface area contributed by atoms with Crippen molar-refractivity contribution in [2.24, 2.45) is 0 Å². The van der Waals surface area contributed by atoms with Crippen molar-refractivity contribution < 1.29 is 37.4 Å². The molecule has 1 saturated carbocycles. The lowest BCUT2D eigenvalue weighted by molar-refractivity contribution is -0.142. The highest BCUT2D eigenvalue weighted by molar-refractivity contribution is 5.93. The minimum Gasteiger partial charge on any atom is -0.466 e. The topological polar surface area (TPSA) is 111 Å². The van der Waals surface area contributed by atoms with Crippen molar-refractivity contribution in [2.75, 3.05) is 13.2 Å². The SMILES string of the molecule is CC(=O)OCCCCCCCCCCCCCCCC=C(F)C(=O)NC1CC1NC(=O)C(F)=CCCCCCCCCCCCCCCCOC(C)=O. The van der Waals surface area contributed by atoms with Crippen molar-refractivity contribution in [1.82, 2.24) is 10.6 Å². The fraction of sp³-hybridized carbons (Fsp3) is 0.814. The first-order chi connectivity index (χ1) is 25.7. The third-order valence-corrected chi connectivity index (χ3v) is 9.81. The number of carbonyl (C=O) groups excluding carboxylic acids is 4. The number of nitrogens with one attached hydrogen (secondary N) is 2. The molecule has 10 heteroatoms. The van der Waals surface area contributed by atoms with Crippen molar-refractivity contribution in [1.29, 1.82) is 0 Å². The Morgan fingerprint density at radius 3 is 0.962 bits per heavy atom. The normalized spacial score (nSPS) is 15.6. The number of allylic oxidation sites excluding steroid dienone is 2. The largest absolute Gasteiger partial charge is 0.466 e. The maximum atomic E-state index is 14.3. The molecule has 0 aliphatic heterocycles. The summed E-state index contributed by atoms with van der Waals surface area (Å²) in [5.41, 5.74) is 0. The molecule has 2 unspecified atom stereocenters. The highest BCUT2D eigenvalue weighted by Crippen LogP contribution is 2.23. The number of ether oxygens (including phenoxy) is 2. The van der Waals surface area contributed by atoms with E-state index in [0.717, 1.165) is 64.2 Å². The van der Waals surface area contributed by atoms with Crippen LogP contribution in [-0.2, 0) is 28.7 Å². The van der Waals surface area contributed by atoms with Crippen molar-refractivity contribution in [3.05, 3.63) is 23.8 Å². The van der Waals surface area contributed by atoms with Gasteiger partial charge in [0, 0.05) is 13.8 Å². The maximum absolute atomic E-state index is 14.3. The molecule has 0 heterocycles. The molecule has 2 amide bonds. The Balaban J connectivity index is 1.93. The number of hydrogen-bond acceptors (Lipinski definition) is 6. The van der Waals surface area contributed by atoms with Crippen molar-refractivity contribution >= 4 is 23.8 Å². The Morgan fingerprint density at radius 1 is 0.453 bits per heavy atom. The lowest BCUT2D eigenvalue weighted by Gasteiger charge is -2.05. The van der Waals surface area contributed by atoms with E-state index in [9.17, 15) is 28.0 Å². The van der Waals surface area contributed by atoms with Gasteiger partial charge in [0.25, 0.3) is 11.8 Å². The van der Waals surface area contributed by atoms with Gasteiger partial charge in [0.05, 0.1) is 25.3 Å². The van der Waals surface area contributed by atoms with Gasteiger partial charge >= 0.3 is 11.9 Å². The van der Waals surface area contributed by atoms with E-state index in [2.05, 4.69) is 10.6 Å². The lowest BCUT2D eigenvalue weighted by atomic mass is 10.0. The minimum absolute atomic E-state index is 0.201. The van der Waals surface area contributed by atoms with Crippen molar-refractivity contribution in [2.45, 2.75) is 212 Å². The molecular formula is C43H74F2N2O6. The van der Waals surface area contributed by atoms with Crippen LogP contribution in [0.3, 0.4) is 0 Å². The van der Waals surface area contributed by atoms with E-state index in [4.69, 9.17) is 9.47 Å². The molecule has 0 spiro atoms. The summed E-state index contributed by atoms with van der Waals surface area (Å²) in [6, 6.07) is -0.746. The highest BCUT2D eigenvalue weighted by Gasteiger charge is 2.40. The molecule has 2 N–H and O–H groups in total. The van der Waals surface area contributed by atoms with Crippen LogP contribution in [0, 0.1) is 0 Å². The van der Waals surface area contributed by atoms with Gasteiger partial charge in [0.15, 0.2) is 11.7 Å². The van der Waals surface area contributed by atoms with Crippen LogP contribution in [0.5, 0.6) is 0 Å². The smallest absolute Gasteiger partial charge is 0.302 e. The van der Waals surface area contributed by atoms with Gasteiger partial charge in [-0.1, -0.05) is 141 Å². The fourth-order valence-electron chi connectivity index (χ4n) is 6.45. The van der Waals surface area contributed by atoms with Crippen LogP contribution in [0.15, 0.2) is 23.8 Å². The minimum atomic E-state index is -0.797. The summed E-state index contributed by atoms with van der Waals surface area (Å²) in [6.07, 6.45) is 34.1. The van der Waals surface area contributed by atoms with E-state index in [1.165, 1.54) is 129 Å². The molecule has 306 valence electrons. The van der Waals surface area contributed by atoms with E-state index >= 15 is 0 Å². The molecule has 0 saturated heterocycles. The Labute approximate surface area is 320 Å².